The van der Waals surface area contributed by atoms with Crippen molar-refractivity contribution < 1.29 is 9.53 Å². The summed E-state index contributed by atoms with van der Waals surface area (Å²) < 4.78 is 5.30. The second-order valence-electron chi connectivity index (χ2n) is 5.36. The summed E-state index contributed by atoms with van der Waals surface area (Å²) in [5.74, 6) is 0.738. The van der Waals surface area contributed by atoms with Gasteiger partial charge in [-0.2, -0.15) is 0 Å². The zero-order chi connectivity index (χ0) is 14.5. The maximum absolute atomic E-state index is 12.2. The van der Waals surface area contributed by atoms with Gasteiger partial charge in [0.05, 0.1) is 0 Å². The van der Waals surface area contributed by atoms with Gasteiger partial charge in [0, 0.05) is 57.8 Å². The number of nitrogens with zero attached hydrogens (tertiary/aromatic N) is 4. The summed E-state index contributed by atoms with van der Waals surface area (Å²) >= 11 is 0. The average Bonchev–Trinajstić information content (AvgIpc) is 2.57. The molecule has 0 saturated carbocycles. The lowest BCUT2D eigenvalue weighted by Gasteiger charge is -2.35. The smallest absolute Gasteiger partial charge is 0.317 e. The van der Waals surface area contributed by atoms with Crippen molar-refractivity contribution in [1.29, 1.82) is 0 Å². The first-order chi connectivity index (χ1) is 10.3. The summed E-state index contributed by atoms with van der Waals surface area (Å²) in [5.41, 5.74) is 0. The zero-order valence-corrected chi connectivity index (χ0v) is 12.1. The van der Waals surface area contributed by atoms with E-state index in [2.05, 4.69) is 20.2 Å². The second-order valence-corrected chi connectivity index (χ2v) is 5.36. The molecule has 0 bridgehead atoms. The Balaban J connectivity index is 1.47. The van der Waals surface area contributed by atoms with Crippen molar-refractivity contribution in [3.8, 4) is 0 Å². The molecule has 114 valence electrons. The van der Waals surface area contributed by atoms with E-state index in [1.165, 1.54) is 0 Å². The molecule has 3 rings (SSSR count). The number of ether oxygens (including phenoxy) is 1. The zero-order valence-electron chi connectivity index (χ0n) is 12.1. The molecule has 2 aliphatic rings. The van der Waals surface area contributed by atoms with Crippen LogP contribution in [-0.2, 0) is 4.74 Å². The molecule has 2 fully saturated rings. The summed E-state index contributed by atoms with van der Waals surface area (Å²) in [6, 6.07) is 2.10. The number of hydrogen-bond donors (Lipinski definition) is 1. The van der Waals surface area contributed by atoms with Crippen molar-refractivity contribution in [3.05, 3.63) is 18.5 Å². The normalized spacial score (nSPS) is 20.4. The minimum Gasteiger partial charge on any atom is -0.381 e. The predicted molar refractivity (Wildman–Crippen MR) is 78.2 cm³/mol. The van der Waals surface area contributed by atoms with Crippen LogP contribution in [-0.4, -0.2) is 66.3 Å². The maximum atomic E-state index is 12.2. The van der Waals surface area contributed by atoms with Gasteiger partial charge in [-0.05, 0) is 18.9 Å². The number of urea groups is 1. The SMILES string of the molecule is O=C(NC1CCOCC1)N1CCN(c2ncccn2)CC1. The lowest BCUT2D eigenvalue weighted by atomic mass is 10.1. The first-order valence-corrected chi connectivity index (χ1v) is 7.48. The van der Waals surface area contributed by atoms with Crippen LogP contribution in [0.2, 0.25) is 0 Å². The number of hydrogen-bond acceptors (Lipinski definition) is 5. The third kappa shape index (κ3) is 3.60. The van der Waals surface area contributed by atoms with E-state index in [4.69, 9.17) is 4.74 Å². The molecular formula is C14H21N5O2. The standard InChI is InChI=1S/C14H21N5O2/c20-14(17-12-2-10-21-11-3-12)19-8-6-18(7-9-19)13-15-4-1-5-16-13/h1,4-5,12H,2-3,6-11H2,(H,17,20). The van der Waals surface area contributed by atoms with Gasteiger partial charge >= 0.3 is 6.03 Å². The van der Waals surface area contributed by atoms with Gasteiger partial charge in [0.2, 0.25) is 5.95 Å². The van der Waals surface area contributed by atoms with Crippen LogP contribution < -0.4 is 10.2 Å². The Kier molecular flexibility index (Phi) is 4.49. The molecule has 0 aromatic carbocycles. The number of aromatic nitrogens is 2. The minimum atomic E-state index is 0.0375. The number of nitrogens with one attached hydrogen (secondary N) is 1. The van der Waals surface area contributed by atoms with Gasteiger partial charge in [0.15, 0.2) is 0 Å². The van der Waals surface area contributed by atoms with E-state index in [9.17, 15) is 4.79 Å². The Labute approximate surface area is 124 Å². The second kappa shape index (κ2) is 6.71. The van der Waals surface area contributed by atoms with E-state index in [1.54, 1.807) is 18.5 Å². The van der Waals surface area contributed by atoms with Crippen molar-refractivity contribution in [3.63, 3.8) is 0 Å². The Morgan fingerprint density at radius 3 is 2.48 bits per heavy atom. The van der Waals surface area contributed by atoms with Gasteiger partial charge in [0.25, 0.3) is 0 Å². The summed E-state index contributed by atoms with van der Waals surface area (Å²) in [5, 5.41) is 3.10. The van der Waals surface area contributed by atoms with Crippen molar-refractivity contribution in [2.24, 2.45) is 0 Å². The van der Waals surface area contributed by atoms with Gasteiger partial charge in [-0.3, -0.25) is 0 Å². The quantitative estimate of drug-likeness (QED) is 0.858. The van der Waals surface area contributed by atoms with Crippen molar-refractivity contribution in [2.75, 3.05) is 44.3 Å². The van der Waals surface area contributed by atoms with Gasteiger partial charge in [0.1, 0.15) is 0 Å². The van der Waals surface area contributed by atoms with Gasteiger partial charge in [-0.25, -0.2) is 14.8 Å². The molecule has 2 saturated heterocycles. The first-order valence-electron chi connectivity index (χ1n) is 7.48. The molecule has 1 aromatic rings. The Hall–Kier alpha value is -1.89. The van der Waals surface area contributed by atoms with Crippen LogP contribution in [0, 0.1) is 0 Å². The molecule has 1 N–H and O–H groups in total. The summed E-state index contributed by atoms with van der Waals surface area (Å²) in [4.78, 5) is 24.7. The van der Waals surface area contributed by atoms with E-state index >= 15 is 0 Å². The van der Waals surface area contributed by atoms with E-state index < -0.39 is 0 Å². The fourth-order valence-corrected chi connectivity index (χ4v) is 2.67. The third-order valence-electron chi connectivity index (χ3n) is 3.95. The third-order valence-corrected chi connectivity index (χ3v) is 3.95. The molecule has 1 aromatic heterocycles. The van der Waals surface area contributed by atoms with E-state index in [1.807, 2.05) is 4.90 Å². The van der Waals surface area contributed by atoms with Gasteiger partial charge < -0.3 is 19.9 Å². The Morgan fingerprint density at radius 2 is 1.81 bits per heavy atom. The van der Waals surface area contributed by atoms with Crippen LogP contribution in [0.25, 0.3) is 0 Å². The van der Waals surface area contributed by atoms with Crippen molar-refractivity contribution in [1.82, 2.24) is 20.2 Å². The van der Waals surface area contributed by atoms with Crippen molar-refractivity contribution >= 4 is 12.0 Å². The molecule has 0 spiro atoms. The minimum absolute atomic E-state index is 0.0375. The highest BCUT2D eigenvalue weighted by atomic mass is 16.5. The van der Waals surface area contributed by atoms with Gasteiger partial charge in [-0.15, -0.1) is 0 Å². The van der Waals surface area contributed by atoms with Crippen LogP contribution >= 0.6 is 0 Å². The van der Waals surface area contributed by atoms with E-state index in [-0.39, 0.29) is 12.1 Å². The average molecular weight is 291 g/mol. The Morgan fingerprint density at radius 1 is 1.14 bits per heavy atom. The number of anilines is 1. The highest BCUT2D eigenvalue weighted by molar-refractivity contribution is 5.74. The molecule has 7 heteroatoms. The first kappa shape index (κ1) is 14.1. The van der Waals surface area contributed by atoms with E-state index in [0.29, 0.717) is 13.1 Å². The summed E-state index contributed by atoms with van der Waals surface area (Å²) in [6.07, 6.45) is 5.30. The highest BCUT2D eigenvalue weighted by Gasteiger charge is 2.24. The van der Waals surface area contributed by atoms with Crippen LogP contribution in [0.4, 0.5) is 10.7 Å². The molecule has 7 nitrogen and oxygen atoms in total. The lowest BCUT2D eigenvalue weighted by Crippen LogP contribution is -2.54. The molecule has 3 heterocycles. The maximum Gasteiger partial charge on any atom is 0.317 e. The largest absolute Gasteiger partial charge is 0.381 e. The number of carbonyl (C=O) groups is 1. The summed E-state index contributed by atoms with van der Waals surface area (Å²) in [7, 11) is 0. The highest BCUT2D eigenvalue weighted by Crippen LogP contribution is 2.11. The molecule has 0 aliphatic carbocycles. The van der Waals surface area contributed by atoms with Crippen molar-refractivity contribution in [2.45, 2.75) is 18.9 Å². The monoisotopic (exact) mass is 291 g/mol. The van der Waals surface area contributed by atoms with Crippen LogP contribution in [0.3, 0.4) is 0 Å². The number of rotatable bonds is 2. The lowest BCUT2D eigenvalue weighted by molar-refractivity contribution is 0.0779. The van der Waals surface area contributed by atoms with Crippen LogP contribution in [0.1, 0.15) is 12.8 Å². The molecule has 0 radical (unpaired) electrons. The topological polar surface area (TPSA) is 70.6 Å². The van der Waals surface area contributed by atoms with Crippen LogP contribution in [0.5, 0.6) is 0 Å². The molecule has 2 amide bonds. The van der Waals surface area contributed by atoms with E-state index in [0.717, 1.165) is 45.1 Å². The molecule has 2 aliphatic heterocycles. The number of piperazine rings is 1. The fourth-order valence-electron chi connectivity index (χ4n) is 2.67. The van der Waals surface area contributed by atoms with Crippen LogP contribution in [0.15, 0.2) is 18.5 Å². The predicted octanol–water partition coefficient (Wildman–Crippen LogP) is 0.487. The molecule has 0 unspecified atom stereocenters. The molecule has 21 heavy (non-hydrogen) atoms. The fraction of sp³-hybridized carbons (Fsp3) is 0.643. The van der Waals surface area contributed by atoms with Gasteiger partial charge in [-0.1, -0.05) is 0 Å². The Bertz CT molecular complexity index is 456. The molecular weight excluding hydrogens is 270 g/mol. The number of amides is 2. The number of carbonyl (C=O) groups excluding carboxylic acids is 1. The molecule has 0 atom stereocenters. The summed E-state index contributed by atoms with van der Waals surface area (Å²) in [6.45, 7) is 4.42.